The summed E-state index contributed by atoms with van der Waals surface area (Å²) in [4.78, 5) is 14.6. The fourth-order valence-corrected chi connectivity index (χ4v) is 3.23. The number of nitrogens with zero attached hydrogens (tertiary/aromatic N) is 2. The number of amides is 1. The minimum Gasteiger partial charge on any atom is -0.493 e. The highest BCUT2D eigenvalue weighted by Gasteiger charge is 2.27. The number of hydrogen-bond acceptors (Lipinski definition) is 5. The maximum Gasteiger partial charge on any atom is 0.263 e. The van der Waals surface area contributed by atoms with E-state index >= 15 is 0 Å². The van der Waals surface area contributed by atoms with Crippen molar-refractivity contribution in [2.24, 2.45) is 0 Å². The van der Waals surface area contributed by atoms with Gasteiger partial charge in [0.1, 0.15) is 11.8 Å². The van der Waals surface area contributed by atoms with E-state index in [-0.39, 0.29) is 5.91 Å². The lowest BCUT2D eigenvalue weighted by atomic mass is 9.98. The van der Waals surface area contributed by atoms with E-state index in [1.807, 2.05) is 12.1 Å². The molecule has 1 amide bonds. The minimum absolute atomic E-state index is 0.108. The molecule has 0 fully saturated rings. The Morgan fingerprint density at radius 2 is 1.78 bits per heavy atom. The molecule has 1 unspecified atom stereocenters. The first-order valence-electron chi connectivity index (χ1n) is 8.75. The smallest absolute Gasteiger partial charge is 0.263 e. The molecular formula is C21H22N2O4. The van der Waals surface area contributed by atoms with Gasteiger partial charge in [0, 0.05) is 13.1 Å². The molecule has 0 spiro atoms. The van der Waals surface area contributed by atoms with Gasteiger partial charge in [-0.2, -0.15) is 5.26 Å². The average molecular weight is 366 g/mol. The molecule has 3 rings (SSSR count). The molecule has 0 saturated heterocycles. The molecule has 2 aromatic rings. The highest BCUT2D eigenvalue weighted by molar-refractivity contribution is 5.81. The third-order valence-electron chi connectivity index (χ3n) is 4.69. The molecule has 0 saturated carbocycles. The molecule has 0 aromatic heterocycles. The van der Waals surface area contributed by atoms with Crippen molar-refractivity contribution in [2.75, 3.05) is 20.8 Å². The summed E-state index contributed by atoms with van der Waals surface area (Å²) in [6, 6.07) is 12.9. The van der Waals surface area contributed by atoms with E-state index in [2.05, 4.69) is 6.07 Å². The van der Waals surface area contributed by atoms with Crippen molar-refractivity contribution in [3.8, 4) is 23.3 Å². The molecule has 1 heterocycles. The highest BCUT2D eigenvalue weighted by Crippen LogP contribution is 2.33. The maximum atomic E-state index is 12.9. The van der Waals surface area contributed by atoms with Gasteiger partial charge in [0.05, 0.1) is 19.8 Å². The Labute approximate surface area is 158 Å². The molecule has 1 aliphatic heterocycles. The van der Waals surface area contributed by atoms with E-state index < -0.39 is 6.10 Å². The number of ether oxygens (including phenoxy) is 3. The van der Waals surface area contributed by atoms with Crippen LogP contribution in [0.1, 0.15) is 23.6 Å². The Hall–Kier alpha value is -3.20. The fourth-order valence-electron chi connectivity index (χ4n) is 3.23. The molecule has 0 bridgehead atoms. The average Bonchev–Trinajstić information content (AvgIpc) is 2.71. The van der Waals surface area contributed by atoms with E-state index in [1.165, 1.54) is 0 Å². The van der Waals surface area contributed by atoms with Gasteiger partial charge in [-0.25, -0.2) is 0 Å². The molecule has 6 nitrogen and oxygen atoms in total. The van der Waals surface area contributed by atoms with Crippen LogP contribution in [0.3, 0.4) is 0 Å². The van der Waals surface area contributed by atoms with Gasteiger partial charge in [-0.05, 0) is 48.7 Å². The Bertz CT molecular complexity index is 888. The number of methoxy groups -OCH3 is 2. The van der Waals surface area contributed by atoms with Crippen molar-refractivity contribution >= 4 is 5.91 Å². The van der Waals surface area contributed by atoms with Gasteiger partial charge in [-0.3, -0.25) is 4.79 Å². The Morgan fingerprint density at radius 3 is 2.44 bits per heavy atom. The van der Waals surface area contributed by atoms with Crippen molar-refractivity contribution in [2.45, 2.75) is 26.0 Å². The predicted octanol–water partition coefficient (Wildman–Crippen LogP) is 2.93. The SMILES string of the molecule is COc1cc2c(cc1OC)CN(C(=O)C(C)Oc1ccccc1C#N)CC2. The van der Waals surface area contributed by atoms with Gasteiger partial charge in [0.15, 0.2) is 17.6 Å². The van der Waals surface area contributed by atoms with E-state index in [4.69, 9.17) is 14.2 Å². The Balaban J connectivity index is 1.74. The third-order valence-corrected chi connectivity index (χ3v) is 4.69. The van der Waals surface area contributed by atoms with Crippen molar-refractivity contribution in [3.05, 3.63) is 53.1 Å². The summed E-state index contributed by atoms with van der Waals surface area (Å²) in [6.45, 7) is 2.80. The summed E-state index contributed by atoms with van der Waals surface area (Å²) in [7, 11) is 3.21. The van der Waals surface area contributed by atoms with E-state index in [9.17, 15) is 10.1 Å². The number of hydrogen-bond donors (Lipinski definition) is 0. The molecule has 140 valence electrons. The second-order valence-electron chi connectivity index (χ2n) is 6.35. The van der Waals surface area contributed by atoms with Crippen LogP contribution in [0, 0.1) is 11.3 Å². The largest absolute Gasteiger partial charge is 0.493 e. The first kappa shape index (κ1) is 18.6. The van der Waals surface area contributed by atoms with Crippen LogP contribution >= 0.6 is 0 Å². The topological polar surface area (TPSA) is 71.8 Å². The number of fused-ring (bicyclic) bond motifs is 1. The van der Waals surface area contributed by atoms with Gasteiger partial charge in [0.2, 0.25) is 0 Å². The zero-order valence-corrected chi connectivity index (χ0v) is 15.7. The lowest BCUT2D eigenvalue weighted by molar-refractivity contribution is -0.138. The summed E-state index contributed by atoms with van der Waals surface area (Å²) < 4.78 is 16.5. The molecule has 1 aliphatic rings. The highest BCUT2D eigenvalue weighted by atomic mass is 16.5. The van der Waals surface area contributed by atoms with Crippen LogP contribution in [0.5, 0.6) is 17.2 Å². The van der Waals surface area contributed by atoms with Crippen LogP contribution in [0.2, 0.25) is 0 Å². The van der Waals surface area contributed by atoms with Crippen LogP contribution in [0.25, 0.3) is 0 Å². The number of benzene rings is 2. The monoisotopic (exact) mass is 366 g/mol. The second kappa shape index (κ2) is 8.00. The van der Waals surface area contributed by atoms with Crippen LogP contribution in [0.4, 0.5) is 0 Å². The molecule has 2 aromatic carbocycles. The van der Waals surface area contributed by atoms with Crippen molar-refractivity contribution in [1.82, 2.24) is 4.90 Å². The zero-order chi connectivity index (χ0) is 19.4. The summed E-state index contributed by atoms with van der Waals surface area (Å²) in [5.74, 6) is 1.66. The third kappa shape index (κ3) is 3.82. The summed E-state index contributed by atoms with van der Waals surface area (Å²) in [5.41, 5.74) is 2.61. The van der Waals surface area contributed by atoms with Crippen LogP contribution in [-0.2, 0) is 17.8 Å². The van der Waals surface area contributed by atoms with Gasteiger partial charge in [-0.15, -0.1) is 0 Å². The first-order valence-corrected chi connectivity index (χ1v) is 8.75. The molecule has 0 aliphatic carbocycles. The standard InChI is InChI=1S/C21H22N2O4/c1-14(27-18-7-5-4-6-16(18)12-22)21(24)23-9-8-15-10-19(25-2)20(26-3)11-17(15)13-23/h4-7,10-11,14H,8-9,13H2,1-3H3. The van der Waals surface area contributed by atoms with Crippen molar-refractivity contribution in [3.63, 3.8) is 0 Å². The van der Waals surface area contributed by atoms with Crippen LogP contribution in [-0.4, -0.2) is 37.7 Å². The summed E-state index contributed by atoms with van der Waals surface area (Å²) in [6.07, 6.45) is 0.0596. The lowest BCUT2D eigenvalue weighted by Gasteiger charge is -2.31. The van der Waals surface area contributed by atoms with Gasteiger partial charge in [-0.1, -0.05) is 12.1 Å². The van der Waals surface area contributed by atoms with Crippen LogP contribution in [0.15, 0.2) is 36.4 Å². The molecule has 6 heteroatoms. The normalized spacial score (nSPS) is 13.9. The predicted molar refractivity (Wildman–Crippen MR) is 99.9 cm³/mol. The van der Waals surface area contributed by atoms with Gasteiger partial charge < -0.3 is 19.1 Å². The minimum atomic E-state index is -0.679. The molecule has 1 atom stereocenters. The number of para-hydroxylation sites is 1. The van der Waals surface area contributed by atoms with Crippen LogP contribution < -0.4 is 14.2 Å². The van der Waals surface area contributed by atoms with Gasteiger partial charge in [0.25, 0.3) is 5.91 Å². The number of nitriles is 1. The molecular weight excluding hydrogens is 344 g/mol. The van der Waals surface area contributed by atoms with E-state index in [0.717, 1.165) is 17.5 Å². The number of rotatable bonds is 5. The molecule has 0 N–H and O–H groups in total. The first-order chi connectivity index (χ1) is 13.1. The van der Waals surface area contributed by atoms with Crippen molar-refractivity contribution < 1.29 is 19.0 Å². The number of carbonyl (C=O) groups is 1. The quantitative estimate of drug-likeness (QED) is 0.814. The lowest BCUT2D eigenvalue weighted by Crippen LogP contribution is -2.43. The fraction of sp³-hybridized carbons (Fsp3) is 0.333. The Kier molecular flexibility index (Phi) is 5.51. The zero-order valence-electron chi connectivity index (χ0n) is 15.7. The van der Waals surface area contributed by atoms with E-state index in [1.54, 1.807) is 50.3 Å². The molecule has 0 radical (unpaired) electrons. The van der Waals surface area contributed by atoms with Gasteiger partial charge >= 0.3 is 0 Å². The molecule has 27 heavy (non-hydrogen) atoms. The summed E-state index contributed by atoms with van der Waals surface area (Å²) in [5, 5.41) is 9.17. The maximum absolute atomic E-state index is 12.9. The Morgan fingerprint density at radius 1 is 1.11 bits per heavy atom. The van der Waals surface area contributed by atoms with E-state index in [0.29, 0.717) is 35.9 Å². The second-order valence-corrected chi connectivity index (χ2v) is 6.35. The number of carbonyl (C=O) groups excluding carboxylic acids is 1. The summed E-state index contributed by atoms with van der Waals surface area (Å²) >= 11 is 0. The van der Waals surface area contributed by atoms with Crippen molar-refractivity contribution in [1.29, 1.82) is 5.26 Å².